The third kappa shape index (κ3) is 3.34. The second-order valence-corrected chi connectivity index (χ2v) is 5.41. The lowest BCUT2D eigenvalue weighted by Gasteiger charge is -2.28. The van der Waals surface area contributed by atoms with Crippen LogP contribution in [0.3, 0.4) is 0 Å². The van der Waals surface area contributed by atoms with Crippen molar-refractivity contribution in [2.75, 3.05) is 26.9 Å². The summed E-state index contributed by atoms with van der Waals surface area (Å²) in [4.78, 5) is 18.9. The van der Waals surface area contributed by atoms with Gasteiger partial charge in [-0.25, -0.2) is 4.98 Å². The largest absolute Gasteiger partial charge is 0.475 e. The van der Waals surface area contributed by atoms with Gasteiger partial charge in [0.25, 0.3) is 5.91 Å². The van der Waals surface area contributed by atoms with E-state index in [1.54, 1.807) is 31.1 Å². The van der Waals surface area contributed by atoms with Crippen molar-refractivity contribution in [3.05, 3.63) is 41.3 Å². The summed E-state index contributed by atoms with van der Waals surface area (Å²) in [6, 6.07) is 5.56. The lowest BCUT2D eigenvalue weighted by Crippen LogP contribution is -2.37. The van der Waals surface area contributed by atoms with Crippen LogP contribution in [-0.4, -0.2) is 52.4 Å². The predicted molar refractivity (Wildman–Crippen MR) is 83.3 cm³/mol. The summed E-state index contributed by atoms with van der Waals surface area (Å²) >= 11 is 0. The Morgan fingerprint density at radius 1 is 1.30 bits per heavy atom. The highest BCUT2D eigenvalue weighted by Gasteiger charge is 2.24. The first-order valence-corrected chi connectivity index (χ1v) is 7.57. The summed E-state index contributed by atoms with van der Waals surface area (Å²) in [5.41, 5.74) is 2.65. The minimum atomic E-state index is -0.00364. The van der Waals surface area contributed by atoms with Crippen molar-refractivity contribution in [1.82, 2.24) is 19.7 Å². The summed E-state index contributed by atoms with van der Waals surface area (Å²) in [6.45, 7) is 2.22. The third-order valence-electron chi connectivity index (χ3n) is 3.89. The zero-order chi connectivity index (χ0) is 16.2. The van der Waals surface area contributed by atoms with Gasteiger partial charge in [0.1, 0.15) is 12.3 Å². The molecule has 2 aromatic heterocycles. The number of methoxy groups -OCH3 is 1. The number of hydrogen-bond acceptors (Lipinski definition) is 5. The lowest BCUT2D eigenvalue weighted by molar-refractivity contribution is 0.0722. The number of amides is 1. The van der Waals surface area contributed by atoms with E-state index in [0.29, 0.717) is 37.9 Å². The zero-order valence-electron chi connectivity index (χ0n) is 13.4. The van der Waals surface area contributed by atoms with Gasteiger partial charge in [-0.15, -0.1) is 0 Å². The highest BCUT2D eigenvalue weighted by atomic mass is 16.5. The molecule has 1 aliphatic heterocycles. The van der Waals surface area contributed by atoms with E-state index in [1.165, 1.54) is 0 Å². The molecule has 0 unspecified atom stereocenters. The Morgan fingerprint density at radius 2 is 2.17 bits per heavy atom. The summed E-state index contributed by atoms with van der Waals surface area (Å²) in [5, 5.41) is 4.05. The zero-order valence-corrected chi connectivity index (χ0v) is 13.4. The molecule has 0 N–H and O–H groups in total. The number of rotatable bonds is 5. The number of ether oxygens (including phenoxy) is 2. The molecular formula is C16H20N4O3. The van der Waals surface area contributed by atoms with Crippen LogP contribution in [0.5, 0.6) is 5.88 Å². The molecule has 1 aliphatic rings. The second-order valence-electron chi connectivity index (χ2n) is 5.41. The fourth-order valence-electron chi connectivity index (χ4n) is 2.63. The molecule has 7 nitrogen and oxygen atoms in total. The van der Waals surface area contributed by atoms with E-state index in [1.807, 2.05) is 17.0 Å². The smallest absolute Gasteiger partial charge is 0.272 e. The van der Waals surface area contributed by atoms with Gasteiger partial charge in [-0.1, -0.05) is 6.07 Å². The normalized spacial score (nSPS) is 13.7. The molecule has 0 atom stereocenters. The first kappa shape index (κ1) is 15.5. The molecule has 0 fully saturated rings. The van der Waals surface area contributed by atoms with Crippen molar-refractivity contribution < 1.29 is 14.3 Å². The SMILES string of the molecule is COCCOc1ccc2c(n1)CCN(C(=O)c1ccnn1C)C2. The molecule has 7 heteroatoms. The van der Waals surface area contributed by atoms with Crippen molar-refractivity contribution in [1.29, 1.82) is 0 Å². The number of nitrogens with zero attached hydrogens (tertiary/aromatic N) is 4. The topological polar surface area (TPSA) is 69.5 Å². The molecule has 0 saturated heterocycles. The molecule has 0 aliphatic carbocycles. The number of pyridine rings is 1. The molecule has 0 spiro atoms. The monoisotopic (exact) mass is 316 g/mol. The maximum Gasteiger partial charge on any atom is 0.272 e. The molecular weight excluding hydrogens is 296 g/mol. The van der Waals surface area contributed by atoms with E-state index in [4.69, 9.17) is 9.47 Å². The molecule has 0 radical (unpaired) electrons. The van der Waals surface area contributed by atoms with Crippen LogP contribution in [-0.2, 0) is 24.8 Å². The number of aryl methyl sites for hydroxylation is 1. The number of fused-ring (bicyclic) bond motifs is 1. The van der Waals surface area contributed by atoms with Crippen LogP contribution in [0.15, 0.2) is 24.4 Å². The molecule has 1 amide bonds. The molecule has 23 heavy (non-hydrogen) atoms. The molecule has 122 valence electrons. The average molecular weight is 316 g/mol. The maximum atomic E-state index is 12.5. The lowest BCUT2D eigenvalue weighted by atomic mass is 10.1. The van der Waals surface area contributed by atoms with Gasteiger partial charge in [0.2, 0.25) is 5.88 Å². The average Bonchev–Trinajstić information content (AvgIpc) is 3.00. The van der Waals surface area contributed by atoms with E-state index in [9.17, 15) is 4.79 Å². The fraction of sp³-hybridized carbons (Fsp3) is 0.438. The van der Waals surface area contributed by atoms with Crippen LogP contribution in [0, 0.1) is 0 Å². The van der Waals surface area contributed by atoms with Crippen molar-refractivity contribution in [3.8, 4) is 5.88 Å². The van der Waals surface area contributed by atoms with Gasteiger partial charge >= 0.3 is 0 Å². The van der Waals surface area contributed by atoms with Crippen LogP contribution in [0.1, 0.15) is 21.7 Å². The Balaban J connectivity index is 1.69. The van der Waals surface area contributed by atoms with E-state index in [2.05, 4.69) is 10.1 Å². The molecule has 2 aromatic rings. The van der Waals surface area contributed by atoms with Gasteiger partial charge in [0.15, 0.2) is 0 Å². The first-order valence-electron chi connectivity index (χ1n) is 7.57. The van der Waals surface area contributed by atoms with Crippen LogP contribution in [0.2, 0.25) is 0 Å². The van der Waals surface area contributed by atoms with Crippen molar-refractivity contribution >= 4 is 5.91 Å². The number of aromatic nitrogens is 3. The third-order valence-corrected chi connectivity index (χ3v) is 3.89. The van der Waals surface area contributed by atoms with E-state index >= 15 is 0 Å². The Hall–Kier alpha value is -2.41. The van der Waals surface area contributed by atoms with E-state index in [0.717, 1.165) is 17.7 Å². The van der Waals surface area contributed by atoms with Gasteiger partial charge in [-0.05, 0) is 11.6 Å². The standard InChI is InChI=1S/C16H20N4O3/c1-19-14(5-7-17-19)16(21)20-8-6-13-12(11-20)3-4-15(18-13)23-10-9-22-2/h3-5,7H,6,8-11H2,1-2H3. The van der Waals surface area contributed by atoms with Gasteiger partial charge in [-0.3, -0.25) is 9.48 Å². The minimum absolute atomic E-state index is 0.00364. The van der Waals surface area contributed by atoms with Crippen LogP contribution in [0.25, 0.3) is 0 Å². The molecule has 3 heterocycles. The maximum absolute atomic E-state index is 12.5. The van der Waals surface area contributed by atoms with Crippen molar-refractivity contribution in [2.24, 2.45) is 7.05 Å². The van der Waals surface area contributed by atoms with E-state index < -0.39 is 0 Å². The minimum Gasteiger partial charge on any atom is -0.475 e. The van der Waals surface area contributed by atoms with Crippen LogP contribution >= 0.6 is 0 Å². The Morgan fingerprint density at radius 3 is 2.91 bits per heavy atom. The Bertz CT molecular complexity index is 698. The summed E-state index contributed by atoms with van der Waals surface area (Å²) in [5.74, 6) is 0.600. The first-order chi connectivity index (χ1) is 11.2. The van der Waals surface area contributed by atoms with Gasteiger partial charge in [0, 0.05) is 45.9 Å². The summed E-state index contributed by atoms with van der Waals surface area (Å²) in [7, 11) is 3.41. The highest BCUT2D eigenvalue weighted by Crippen LogP contribution is 2.21. The summed E-state index contributed by atoms with van der Waals surface area (Å²) in [6.07, 6.45) is 2.36. The van der Waals surface area contributed by atoms with E-state index in [-0.39, 0.29) is 5.91 Å². The van der Waals surface area contributed by atoms with Crippen molar-refractivity contribution in [3.63, 3.8) is 0 Å². The van der Waals surface area contributed by atoms with Gasteiger partial charge in [-0.2, -0.15) is 5.10 Å². The summed E-state index contributed by atoms with van der Waals surface area (Å²) < 4.78 is 12.1. The number of carbonyl (C=O) groups is 1. The predicted octanol–water partition coefficient (Wildman–Crippen LogP) is 1.04. The molecule has 0 aromatic carbocycles. The highest BCUT2D eigenvalue weighted by molar-refractivity contribution is 5.92. The molecule has 0 bridgehead atoms. The van der Waals surface area contributed by atoms with Crippen LogP contribution < -0.4 is 4.74 Å². The van der Waals surface area contributed by atoms with Crippen LogP contribution in [0.4, 0.5) is 0 Å². The quantitative estimate of drug-likeness (QED) is 0.771. The second kappa shape index (κ2) is 6.78. The fourth-order valence-corrected chi connectivity index (χ4v) is 2.63. The Labute approximate surface area is 134 Å². The number of carbonyl (C=O) groups excluding carboxylic acids is 1. The Kier molecular flexibility index (Phi) is 4.57. The van der Waals surface area contributed by atoms with Gasteiger partial charge < -0.3 is 14.4 Å². The van der Waals surface area contributed by atoms with Gasteiger partial charge in [0.05, 0.1) is 12.3 Å². The van der Waals surface area contributed by atoms with Crippen molar-refractivity contribution in [2.45, 2.75) is 13.0 Å². The molecule has 3 rings (SSSR count). The number of hydrogen-bond donors (Lipinski definition) is 0. The molecule has 0 saturated carbocycles.